The highest BCUT2D eigenvalue weighted by Gasteiger charge is 2.40. The second-order valence-electron chi connectivity index (χ2n) is 7.81. The Bertz CT molecular complexity index is 873. The van der Waals surface area contributed by atoms with Gasteiger partial charge in [0.25, 0.3) is 0 Å². The molecule has 1 aliphatic carbocycles. The van der Waals surface area contributed by atoms with Gasteiger partial charge in [0.1, 0.15) is 23.5 Å². The maximum Gasteiger partial charge on any atom is 0.132 e. The number of aromatic nitrogens is 2. The van der Waals surface area contributed by atoms with Gasteiger partial charge in [0.2, 0.25) is 0 Å². The third kappa shape index (κ3) is 5.17. The second kappa shape index (κ2) is 9.12. The minimum atomic E-state index is -0.0202. The van der Waals surface area contributed by atoms with E-state index >= 15 is 0 Å². The molecule has 5 heteroatoms. The number of rotatable bonds is 11. The second-order valence-corrected chi connectivity index (χ2v) is 7.81. The molecule has 0 saturated heterocycles. The van der Waals surface area contributed by atoms with Crippen molar-refractivity contribution in [1.29, 1.82) is 0 Å². The van der Waals surface area contributed by atoms with E-state index in [-0.39, 0.29) is 5.60 Å². The van der Waals surface area contributed by atoms with Crippen LogP contribution in [0.1, 0.15) is 50.8 Å². The largest absolute Gasteiger partial charge is 0.488 e. The molecule has 1 saturated carbocycles. The van der Waals surface area contributed by atoms with Crippen LogP contribution >= 0.6 is 0 Å². The van der Waals surface area contributed by atoms with Crippen LogP contribution in [0.3, 0.4) is 0 Å². The normalized spacial score (nSPS) is 14.2. The molecule has 1 aliphatic rings. The summed E-state index contributed by atoms with van der Waals surface area (Å²) in [4.78, 5) is 11.3. The van der Waals surface area contributed by atoms with Gasteiger partial charge in [-0.2, -0.15) is 0 Å². The van der Waals surface area contributed by atoms with Crippen LogP contribution in [-0.4, -0.2) is 35.7 Å². The van der Waals surface area contributed by atoms with Crippen LogP contribution in [-0.2, 0) is 0 Å². The van der Waals surface area contributed by atoms with Crippen molar-refractivity contribution in [3.05, 3.63) is 61.1 Å². The van der Waals surface area contributed by atoms with Crippen LogP contribution in [0, 0.1) is 0 Å². The molecule has 0 amide bonds. The molecule has 1 heterocycles. The monoisotopic (exact) mass is 392 g/mol. The van der Waals surface area contributed by atoms with Crippen LogP contribution in [0.15, 0.2) is 49.8 Å². The minimum Gasteiger partial charge on any atom is -0.488 e. The fourth-order valence-corrected chi connectivity index (χ4v) is 3.30. The van der Waals surface area contributed by atoms with Gasteiger partial charge in [-0.25, -0.2) is 9.97 Å². The predicted molar refractivity (Wildman–Crippen MR) is 122 cm³/mol. The van der Waals surface area contributed by atoms with Crippen molar-refractivity contribution in [3.8, 4) is 5.75 Å². The highest BCUT2D eigenvalue weighted by molar-refractivity contribution is 5.84. The molecule has 3 rings (SSSR count). The van der Waals surface area contributed by atoms with Crippen molar-refractivity contribution < 1.29 is 4.74 Å². The number of hydrogen-bond acceptors (Lipinski definition) is 5. The number of anilines is 2. The zero-order valence-corrected chi connectivity index (χ0v) is 17.9. The first-order valence-corrected chi connectivity index (χ1v) is 10.4. The minimum absolute atomic E-state index is 0.0202. The Hall–Kier alpha value is -2.82. The third-order valence-corrected chi connectivity index (χ3v) is 5.29. The molecule has 0 unspecified atom stereocenters. The molecule has 0 bridgehead atoms. The Balaban J connectivity index is 1.89. The molecule has 0 atom stereocenters. The van der Waals surface area contributed by atoms with Gasteiger partial charge in [-0.15, -0.1) is 6.58 Å². The molecule has 1 N–H and O–H groups in total. The molecule has 0 spiro atoms. The van der Waals surface area contributed by atoms with Gasteiger partial charge in [0, 0.05) is 43.0 Å². The number of ether oxygens (including phenoxy) is 1. The lowest BCUT2D eigenvalue weighted by Gasteiger charge is -2.23. The SMILES string of the molecule is C=CCCN(CCC)c1cc(C(=C)c2cc(OC3(C)CC3)ccc2NC)ncn1. The summed E-state index contributed by atoms with van der Waals surface area (Å²) in [6.45, 7) is 14.3. The van der Waals surface area contributed by atoms with Crippen LogP contribution in [0.4, 0.5) is 11.5 Å². The lowest BCUT2D eigenvalue weighted by molar-refractivity contribution is 0.200. The van der Waals surface area contributed by atoms with Crippen molar-refractivity contribution in [1.82, 2.24) is 9.97 Å². The van der Waals surface area contributed by atoms with Gasteiger partial charge in [-0.05, 0) is 50.8 Å². The molecular weight excluding hydrogens is 360 g/mol. The highest BCUT2D eigenvalue weighted by Crippen LogP contribution is 2.41. The van der Waals surface area contributed by atoms with E-state index in [1.165, 1.54) is 0 Å². The van der Waals surface area contributed by atoms with Crippen molar-refractivity contribution >= 4 is 17.1 Å². The highest BCUT2D eigenvalue weighted by atomic mass is 16.5. The van der Waals surface area contributed by atoms with E-state index in [0.29, 0.717) is 0 Å². The lowest BCUT2D eigenvalue weighted by Crippen LogP contribution is -2.26. The van der Waals surface area contributed by atoms with Crippen molar-refractivity contribution in [3.63, 3.8) is 0 Å². The Kier molecular flexibility index (Phi) is 6.57. The first-order chi connectivity index (χ1) is 14.0. The van der Waals surface area contributed by atoms with Crippen LogP contribution in [0.5, 0.6) is 5.75 Å². The standard InChI is InChI=1S/C24H32N4O/c1-6-8-14-28(13-7-2)23-16-22(26-17-27-23)18(3)20-15-19(9-10-21(20)25-5)29-24(4)11-12-24/h6,9-10,15-17,25H,1,3,7-8,11-14H2,2,4-5H3. The molecule has 2 aromatic rings. The smallest absolute Gasteiger partial charge is 0.132 e. The lowest BCUT2D eigenvalue weighted by atomic mass is 10.0. The van der Waals surface area contributed by atoms with Crippen molar-refractivity contribution in [2.45, 2.75) is 45.1 Å². The summed E-state index contributed by atoms with van der Waals surface area (Å²) in [6.07, 6.45) is 7.74. The summed E-state index contributed by atoms with van der Waals surface area (Å²) < 4.78 is 6.16. The summed E-state index contributed by atoms with van der Waals surface area (Å²) in [5.41, 5.74) is 3.64. The van der Waals surface area contributed by atoms with E-state index in [0.717, 1.165) is 72.9 Å². The average molecular weight is 393 g/mol. The number of nitrogens with one attached hydrogen (secondary N) is 1. The summed E-state index contributed by atoms with van der Waals surface area (Å²) in [6, 6.07) is 8.13. The molecule has 1 aromatic heterocycles. The first-order valence-electron chi connectivity index (χ1n) is 10.4. The van der Waals surface area contributed by atoms with Crippen LogP contribution in [0.25, 0.3) is 5.57 Å². The fourth-order valence-electron chi connectivity index (χ4n) is 3.30. The molecular formula is C24H32N4O. The maximum atomic E-state index is 6.16. The van der Waals surface area contributed by atoms with E-state index < -0.39 is 0 Å². The Morgan fingerprint density at radius 1 is 1.28 bits per heavy atom. The number of benzene rings is 1. The van der Waals surface area contributed by atoms with Gasteiger partial charge in [-0.3, -0.25) is 0 Å². The molecule has 29 heavy (non-hydrogen) atoms. The fraction of sp³-hybridized carbons (Fsp3) is 0.417. The van der Waals surface area contributed by atoms with Crippen LogP contribution in [0.2, 0.25) is 0 Å². The van der Waals surface area contributed by atoms with Crippen LogP contribution < -0.4 is 15.0 Å². The molecule has 5 nitrogen and oxygen atoms in total. The number of nitrogens with zero attached hydrogens (tertiary/aromatic N) is 3. The first kappa shape index (κ1) is 20.9. The number of hydrogen-bond donors (Lipinski definition) is 1. The van der Waals surface area contributed by atoms with Crippen molar-refractivity contribution in [2.75, 3.05) is 30.4 Å². The van der Waals surface area contributed by atoms with E-state index in [1.807, 2.05) is 31.3 Å². The van der Waals surface area contributed by atoms with E-state index in [9.17, 15) is 0 Å². The summed E-state index contributed by atoms with van der Waals surface area (Å²) >= 11 is 0. The third-order valence-electron chi connectivity index (χ3n) is 5.29. The zero-order valence-electron chi connectivity index (χ0n) is 17.9. The van der Waals surface area contributed by atoms with Crippen molar-refractivity contribution in [2.24, 2.45) is 0 Å². The zero-order chi connectivity index (χ0) is 20.9. The summed E-state index contributed by atoms with van der Waals surface area (Å²) in [5, 5.41) is 3.26. The molecule has 0 radical (unpaired) electrons. The quantitative estimate of drug-likeness (QED) is 0.526. The van der Waals surface area contributed by atoms with E-state index in [4.69, 9.17) is 4.74 Å². The van der Waals surface area contributed by atoms with Gasteiger partial charge < -0.3 is 15.0 Å². The summed E-state index contributed by atoms with van der Waals surface area (Å²) in [7, 11) is 1.92. The maximum absolute atomic E-state index is 6.16. The summed E-state index contributed by atoms with van der Waals surface area (Å²) in [5.74, 6) is 1.79. The molecule has 0 aliphatic heterocycles. The molecule has 1 aromatic carbocycles. The molecule has 154 valence electrons. The Labute approximate surface area is 174 Å². The Morgan fingerprint density at radius 3 is 2.72 bits per heavy atom. The topological polar surface area (TPSA) is 50.3 Å². The Morgan fingerprint density at radius 2 is 2.07 bits per heavy atom. The molecule has 1 fully saturated rings. The average Bonchev–Trinajstić information content (AvgIpc) is 3.47. The van der Waals surface area contributed by atoms with Gasteiger partial charge in [0.15, 0.2) is 0 Å². The van der Waals surface area contributed by atoms with Gasteiger partial charge in [0.05, 0.1) is 5.69 Å². The van der Waals surface area contributed by atoms with E-state index in [2.05, 4.69) is 53.3 Å². The van der Waals surface area contributed by atoms with Gasteiger partial charge >= 0.3 is 0 Å². The van der Waals surface area contributed by atoms with E-state index in [1.54, 1.807) is 6.33 Å². The van der Waals surface area contributed by atoms with Gasteiger partial charge in [-0.1, -0.05) is 19.6 Å². The predicted octanol–water partition coefficient (Wildman–Crippen LogP) is 5.30.